The van der Waals surface area contributed by atoms with E-state index in [2.05, 4.69) is 0 Å². The Hall–Kier alpha value is -2.12. The maximum absolute atomic E-state index is 10.8. The molecule has 0 heterocycles. The van der Waals surface area contributed by atoms with Gasteiger partial charge in [0.25, 0.3) is 0 Å². The third-order valence-corrected chi connectivity index (χ3v) is 2.04. The molecule has 8 nitrogen and oxygen atoms in total. The Morgan fingerprint density at radius 2 is 1.25 bits per heavy atom. The van der Waals surface area contributed by atoms with E-state index in [4.69, 9.17) is 20.4 Å². The molecule has 0 saturated carbocycles. The van der Waals surface area contributed by atoms with Crippen molar-refractivity contribution in [3.63, 3.8) is 0 Å². The van der Waals surface area contributed by atoms with Gasteiger partial charge in [-0.2, -0.15) is 0 Å². The van der Waals surface area contributed by atoms with Crippen molar-refractivity contribution in [2.45, 2.75) is 19.3 Å². The van der Waals surface area contributed by atoms with Crippen molar-refractivity contribution < 1.29 is 39.6 Å². The lowest BCUT2D eigenvalue weighted by Crippen LogP contribution is -2.41. The van der Waals surface area contributed by atoms with Crippen LogP contribution in [0.4, 0.5) is 0 Å². The van der Waals surface area contributed by atoms with Crippen LogP contribution in [0, 0.1) is 5.41 Å². The van der Waals surface area contributed by atoms with E-state index in [1.165, 1.54) is 0 Å². The molecule has 0 radical (unpaired) electrons. The van der Waals surface area contributed by atoms with Crippen molar-refractivity contribution in [3.8, 4) is 0 Å². The summed E-state index contributed by atoms with van der Waals surface area (Å²) in [7, 11) is 0. The molecule has 0 aromatic rings. The van der Waals surface area contributed by atoms with Crippen LogP contribution in [0.1, 0.15) is 19.3 Å². The summed E-state index contributed by atoms with van der Waals surface area (Å²) in [4.78, 5) is 42.2. The first kappa shape index (κ1) is 13.9. The summed E-state index contributed by atoms with van der Waals surface area (Å²) < 4.78 is 0. The monoisotopic (exact) mass is 234 g/mol. The highest BCUT2D eigenvalue weighted by atomic mass is 16.4. The van der Waals surface area contributed by atoms with Crippen LogP contribution in [0.3, 0.4) is 0 Å². The highest BCUT2D eigenvalue weighted by Gasteiger charge is 2.48. The largest absolute Gasteiger partial charge is 0.481 e. The van der Waals surface area contributed by atoms with Gasteiger partial charge < -0.3 is 20.4 Å². The number of hydrogen-bond acceptors (Lipinski definition) is 4. The zero-order chi connectivity index (χ0) is 12.9. The van der Waals surface area contributed by atoms with E-state index >= 15 is 0 Å². The van der Waals surface area contributed by atoms with Gasteiger partial charge in [0, 0.05) is 6.42 Å². The zero-order valence-corrected chi connectivity index (χ0v) is 8.04. The predicted molar refractivity (Wildman–Crippen MR) is 46.8 cm³/mol. The third-order valence-electron chi connectivity index (χ3n) is 2.04. The standard InChI is InChI=1S/C8H10O8/c9-4(10)1-2-8(6(13)14,7(15)16)3-5(11)12/h1-3H2,(H,9,10)(H,11,12)(H,13,14)(H,15,16). The van der Waals surface area contributed by atoms with E-state index in [9.17, 15) is 19.2 Å². The van der Waals surface area contributed by atoms with E-state index < -0.39 is 48.6 Å². The van der Waals surface area contributed by atoms with E-state index in [1.54, 1.807) is 0 Å². The molecular formula is C8H10O8. The molecule has 0 aliphatic heterocycles. The minimum Gasteiger partial charge on any atom is -0.481 e. The normalized spacial score (nSPS) is 10.8. The molecule has 0 aromatic heterocycles. The van der Waals surface area contributed by atoms with Crippen molar-refractivity contribution in [2.24, 2.45) is 5.41 Å². The van der Waals surface area contributed by atoms with Gasteiger partial charge in [-0.1, -0.05) is 0 Å². The smallest absolute Gasteiger partial charge is 0.321 e. The second kappa shape index (κ2) is 5.10. The van der Waals surface area contributed by atoms with Crippen molar-refractivity contribution in [2.75, 3.05) is 0 Å². The quantitative estimate of drug-likeness (QED) is 0.430. The predicted octanol–water partition coefficient (Wildman–Crippen LogP) is -0.518. The van der Waals surface area contributed by atoms with Crippen LogP contribution >= 0.6 is 0 Å². The van der Waals surface area contributed by atoms with Gasteiger partial charge in [0.15, 0.2) is 5.41 Å². The summed E-state index contributed by atoms with van der Waals surface area (Å²) in [6.45, 7) is 0. The molecule has 0 aliphatic carbocycles. The lowest BCUT2D eigenvalue weighted by atomic mass is 9.80. The second-order valence-electron chi connectivity index (χ2n) is 3.16. The summed E-state index contributed by atoms with van der Waals surface area (Å²) in [6.07, 6.45) is -2.67. The molecule has 0 saturated heterocycles. The number of carboxylic acids is 4. The highest BCUT2D eigenvalue weighted by molar-refractivity contribution is 6.01. The fourth-order valence-corrected chi connectivity index (χ4v) is 1.12. The van der Waals surface area contributed by atoms with Gasteiger partial charge in [-0.05, 0) is 6.42 Å². The first-order valence-corrected chi connectivity index (χ1v) is 4.13. The summed E-state index contributed by atoms with van der Waals surface area (Å²) in [5.41, 5.74) is -2.59. The van der Waals surface area contributed by atoms with Crippen molar-refractivity contribution >= 4 is 23.9 Å². The van der Waals surface area contributed by atoms with Gasteiger partial charge in [0.2, 0.25) is 0 Å². The first-order chi connectivity index (χ1) is 7.22. The SMILES string of the molecule is O=C(O)CCC(CC(=O)O)(C(=O)O)C(=O)O. The number of hydrogen-bond donors (Lipinski definition) is 4. The van der Waals surface area contributed by atoms with Gasteiger partial charge in [0.05, 0.1) is 6.42 Å². The number of rotatable bonds is 7. The Labute approximate surface area is 89.1 Å². The van der Waals surface area contributed by atoms with Crippen molar-refractivity contribution in [3.05, 3.63) is 0 Å². The molecule has 16 heavy (non-hydrogen) atoms. The van der Waals surface area contributed by atoms with E-state index in [-0.39, 0.29) is 0 Å². The Kier molecular flexibility index (Phi) is 4.42. The van der Waals surface area contributed by atoms with Gasteiger partial charge in [-0.15, -0.1) is 0 Å². The number of carbonyl (C=O) groups is 4. The van der Waals surface area contributed by atoms with Crippen LogP contribution in [0.15, 0.2) is 0 Å². The van der Waals surface area contributed by atoms with E-state index in [0.717, 1.165) is 0 Å². The van der Waals surface area contributed by atoms with Crippen LogP contribution in [0.25, 0.3) is 0 Å². The zero-order valence-electron chi connectivity index (χ0n) is 8.04. The maximum atomic E-state index is 10.8. The highest BCUT2D eigenvalue weighted by Crippen LogP contribution is 2.29. The molecule has 0 amide bonds. The minimum absolute atomic E-state index is 0.730. The van der Waals surface area contributed by atoms with Crippen LogP contribution in [0.5, 0.6) is 0 Å². The molecule has 8 heteroatoms. The Balaban J connectivity index is 5.09. The molecular weight excluding hydrogens is 224 g/mol. The average molecular weight is 234 g/mol. The molecule has 0 atom stereocenters. The average Bonchev–Trinajstić information content (AvgIpc) is 2.10. The minimum atomic E-state index is -2.59. The first-order valence-electron chi connectivity index (χ1n) is 4.13. The maximum Gasteiger partial charge on any atom is 0.321 e. The summed E-state index contributed by atoms with van der Waals surface area (Å²) in [6, 6.07) is 0. The van der Waals surface area contributed by atoms with E-state index in [1.807, 2.05) is 0 Å². The molecule has 0 bridgehead atoms. The van der Waals surface area contributed by atoms with Crippen LogP contribution < -0.4 is 0 Å². The summed E-state index contributed by atoms with van der Waals surface area (Å²) >= 11 is 0. The lowest BCUT2D eigenvalue weighted by Gasteiger charge is -2.21. The third kappa shape index (κ3) is 3.23. The fourth-order valence-electron chi connectivity index (χ4n) is 1.12. The van der Waals surface area contributed by atoms with E-state index in [0.29, 0.717) is 0 Å². The molecule has 4 N–H and O–H groups in total. The lowest BCUT2D eigenvalue weighted by molar-refractivity contribution is -0.170. The van der Waals surface area contributed by atoms with Gasteiger partial charge in [-0.3, -0.25) is 19.2 Å². The molecule has 0 unspecified atom stereocenters. The molecule has 0 spiro atoms. The second-order valence-corrected chi connectivity index (χ2v) is 3.16. The van der Waals surface area contributed by atoms with Crippen LogP contribution in [0.2, 0.25) is 0 Å². The molecule has 0 aromatic carbocycles. The Morgan fingerprint density at radius 3 is 1.50 bits per heavy atom. The van der Waals surface area contributed by atoms with Gasteiger partial charge >= 0.3 is 23.9 Å². The molecule has 0 aliphatic rings. The number of aliphatic carboxylic acids is 4. The van der Waals surface area contributed by atoms with Crippen molar-refractivity contribution in [1.29, 1.82) is 0 Å². The fraction of sp³-hybridized carbons (Fsp3) is 0.500. The van der Waals surface area contributed by atoms with Gasteiger partial charge in [0.1, 0.15) is 0 Å². The van der Waals surface area contributed by atoms with Crippen molar-refractivity contribution in [1.82, 2.24) is 0 Å². The molecule has 90 valence electrons. The Morgan fingerprint density at radius 1 is 0.812 bits per heavy atom. The van der Waals surface area contributed by atoms with Crippen LogP contribution in [-0.2, 0) is 19.2 Å². The molecule has 0 fully saturated rings. The summed E-state index contributed by atoms with van der Waals surface area (Å²) in [5, 5.41) is 34.2. The topological polar surface area (TPSA) is 149 Å². The van der Waals surface area contributed by atoms with Crippen LogP contribution in [-0.4, -0.2) is 44.3 Å². The molecule has 0 rings (SSSR count). The Bertz CT molecular complexity index is 317. The van der Waals surface area contributed by atoms with Gasteiger partial charge in [-0.25, -0.2) is 0 Å². The number of carboxylic acid groups (broad SMARTS) is 4. The summed E-state index contributed by atoms with van der Waals surface area (Å²) in [5.74, 6) is -6.72.